The monoisotopic (exact) mass is 475 g/mol. The number of para-hydroxylation sites is 1. The number of nitrogens with zero attached hydrogens (tertiary/aromatic N) is 8. The predicted molar refractivity (Wildman–Crippen MR) is 130 cm³/mol. The van der Waals surface area contributed by atoms with Gasteiger partial charge in [-0.15, -0.1) is 0 Å². The van der Waals surface area contributed by atoms with Crippen molar-refractivity contribution in [2.75, 3.05) is 49.5 Å². The number of pyridine rings is 1. The van der Waals surface area contributed by atoms with Crippen LogP contribution in [0.25, 0.3) is 16.6 Å². The highest BCUT2D eigenvalue weighted by Gasteiger charge is 2.18. The van der Waals surface area contributed by atoms with Crippen molar-refractivity contribution in [3.05, 3.63) is 59.6 Å². The third kappa shape index (κ3) is 4.36. The van der Waals surface area contributed by atoms with Gasteiger partial charge < -0.3 is 15.3 Å². The van der Waals surface area contributed by atoms with Crippen molar-refractivity contribution >= 4 is 40.0 Å². The second-order valence-electron chi connectivity index (χ2n) is 7.87. The van der Waals surface area contributed by atoms with Crippen molar-refractivity contribution in [1.29, 1.82) is 5.26 Å². The number of benzene rings is 1. The third-order valence-corrected chi connectivity index (χ3v) is 6.10. The number of hydrogen-bond acceptors (Lipinski definition) is 9. The first-order chi connectivity index (χ1) is 16.7. The molecule has 0 bridgehead atoms. The summed E-state index contributed by atoms with van der Waals surface area (Å²) in [4.78, 5) is 17.7. The lowest BCUT2D eigenvalue weighted by Crippen LogP contribution is -2.47. The molecule has 0 aliphatic carbocycles. The first-order valence-electron chi connectivity index (χ1n) is 10.9. The van der Waals surface area contributed by atoms with Gasteiger partial charge in [-0.2, -0.15) is 10.4 Å². The Balaban J connectivity index is 1.40. The standard InChI is InChI=1S/C23H22ClN9O/c24-18-3-1-2-16(12-25)23(18)33-19-10-20(26-13-17(19)14-29-33)30-21-11-22(28-15-27-21)32-6-4-31(5-7-32)8-9-34/h1-3,10-11,13-15,34H,4-9H2,(H,26,27,28,30). The van der Waals surface area contributed by atoms with Gasteiger partial charge in [-0.25, -0.2) is 19.6 Å². The normalized spacial score (nSPS) is 14.3. The Bertz CT molecular complexity index is 1360. The van der Waals surface area contributed by atoms with E-state index in [9.17, 15) is 5.26 Å². The van der Waals surface area contributed by atoms with Crippen LogP contribution in [0.1, 0.15) is 5.56 Å². The number of piperazine rings is 1. The number of aromatic nitrogens is 5. The summed E-state index contributed by atoms with van der Waals surface area (Å²) in [6, 6.07) is 11.1. The van der Waals surface area contributed by atoms with Gasteiger partial charge in [0.1, 0.15) is 35.5 Å². The van der Waals surface area contributed by atoms with E-state index in [4.69, 9.17) is 16.7 Å². The minimum Gasteiger partial charge on any atom is -0.395 e. The zero-order chi connectivity index (χ0) is 23.5. The van der Waals surface area contributed by atoms with Crippen LogP contribution in [-0.4, -0.2) is 74.1 Å². The predicted octanol–water partition coefficient (Wildman–Crippen LogP) is 2.59. The number of nitrogens with one attached hydrogen (secondary N) is 1. The number of rotatable bonds is 6. The highest BCUT2D eigenvalue weighted by molar-refractivity contribution is 6.32. The fraction of sp³-hybridized carbons (Fsp3) is 0.261. The largest absolute Gasteiger partial charge is 0.395 e. The zero-order valence-corrected chi connectivity index (χ0v) is 19.0. The van der Waals surface area contributed by atoms with Crippen molar-refractivity contribution in [2.24, 2.45) is 0 Å². The van der Waals surface area contributed by atoms with Gasteiger partial charge in [0.25, 0.3) is 0 Å². The molecular weight excluding hydrogens is 454 g/mol. The second kappa shape index (κ2) is 9.61. The SMILES string of the molecule is N#Cc1cccc(Cl)c1-n1ncc2cnc(Nc3cc(N4CCN(CCO)CC4)ncn3)cc21. The van der Waals surface area contributed by atoms with E-state index in [-0.39, 0.29) is 6.61 Å². The Hall–Kier alpha value is -3.78. The Morgan fingerprint density at radius 2 is 1.88 bits per heavy atom. The van der Waals surface area contributed by atoms with Gasteiger partial charge >= 0.3 is 0 Å². The Labute approximate surface area is 201 Å². The van der Waals surface area contributed by atoms with E-state index in [0.717, 1.165) is 42.9 Å². The molecule has 4 heterocycles. The lowest BCUT2D eigenvalue weighted by Gasteiger charge is -2.35. The molecule has 172 valence electrons. The summed E-state index contributed by atoms with van der Waals surface area (Å²) in [5.74, 6) is 2.04. The maximum Gasteiger partial charge on any atom is 0.137 e. The van der Waals surface area contributed by atoms with Gasteiger partial charge in [-0.05, 0) is 12.1 Å². The van der Waals surface area contributed by atoms with Crippen LogP contribution in [0.15, 0.2) is 49.1 Å². The molecule has 3 aromatic heterocycles. The van der Waals surface area contributed by atoms with E-state index in [1.807, 2.05) is 12.1 Å². The molecule has 0 unspecified atom stereocenters. The summed E-state index contributed by atoms with van der Waals surface area (Å²) >= 11 is 6.41. The average molecular weight is 476 g/mol. The summed E-state index contributed by atoms with van der Waals surface area (Å²) in [7, 11) is 0. The van der Waals surface area contributed by atoms with Gasteiger partial charge in [-0.1, -0.05) is 17.7 Å². The molecule has 1 fully saturated rings. The van der Waals surface area contributed by atoms with E-state index in [1.165, 1.54) is 6.33 Å². The minimum absolute atomic E-state index is 0.173. The maximum atomic E-state index is 9.53. The molecule has 10 nitrogen and oxygen atoms in total. The van der Waals surface area contributed by atoms with E-state index in [2.05, 4.69) is 41.2 Å². The molecule has 0 atom stereocenters. The molecule has 1 saturated heterocycles. The average Bonchev–Trinajstić information content (AvgIpc) is 3.27. The van der Waals surface area contributed by atoms with Gasteiger partial charge in [0, 0.05) is 56.4 Å². The molecule has 4 aromatic rings. The molecule has 2 N–H and O–H groups in total. The van der Waals surface area contributed by atoms with E-state index in [1.54, 1.807) is 35.3 Å². The number of aliphatic hydroxyl groups excluding tert-OH is 1. The molecule has 5 rings (SSSR count). The summed E-state index contributed by atoms with van der Waals surface area (Å²) in [6.07, 6.45) is 4.94. The van der Waals surface area contributed by atoms with Crippen LogP contribution in [0.3, 0.4) is 0 Å². The Morgan fingerprint density at radius 1 is 1.06 bits per heavy atom. The van der Waals surface area contributed by atoms with E-state index < -0.39 is 0 Å². The lowest BCUT2D eigenvalue weighted by molar-refractivity contribution is 0.188. The molecule has 0 saturated carbocycles. The molecular formula is C23H22ClN9O. The number of nitriles is 1. The molecule has 1 aliphatic heterocycles. The number of halogens is 1. The van der Waals surface area contributed by atoms with Crippen molar-refractivity contribution < 1.29 is 5.11 Å². The summed E-state index contributed by atoms with van der Waals surface area (Å²) in [6.45, 7) is 4.29. The topological polar surface area (TPSA) is 119 Å². The van der Waals surface area contributed by atoms with Crippen molar-refractivity contribution in [3.8, 4) is 11.8 Å². The quantitative estimate of drug-likeness (QED) is 0.433. The van der Waals surface area contributed by atoms with Crippen LogP contribution < -0.4 is 10.2 Å². The maximum absolute atomic E-state index is 9.53. The summed E-state index contributed by atoms with van der Waals surface area (Å²) in [5, 5.41) is 27.6. The lowest BCUT2D eigenvalue weighted by atomic mass is 10.2. The fourth-order valence-corrected chi connectivity index (χ4v) is 4.30. The highest BCUT2D eigenvalue weighted by Crippen LogP contribution is 2.28. The number of anilines is 3. The van der Waals surface area contributed by atoms with Crippen LogP contribution in [-0.2, 0) is 0 Å². The smallest absolute Gasteiger partial charge is 0.137 e. The second-order valence-corrected chi connectivity index (χ2v) is 8.28. The highest BCUT2D eigenvalue weighted by atomic mass is 35.5. The zero-order valence-electron chi connectivity index (χ0n) is 18.3. The number of fused-ring (bicyclic) bond motifs is 1. The van der Waals surface area contributed by atoms with Crippen LogP contribution in [0.4, 0.5) is 17.5 Å². The number of aliphatic hydroxyl groups is 1. The third-order valence-electron chi connectivity index (χ3n) is 5.79. The van der Waals surface area contributed by atoms with Crippen molar-refractivity contribution in [3.63, 3.8) is 0 Å². The van der Waals surface area contributed by atoms with E-state index in [0.29, 0.717) is 34.5 Å². The molecule has 1 aliphatic rings. The molecule has 34 heavy (non-hydrogen) atoms. The molecule has 1 aromatic carbocycles. The Kier molecular flexibility index (Phi) is 6.22. The minimum atomic E-state index is 0.173. The van der Waals surface area contributed by atoms with E-state index >= 15 is 0 Å². The molecule has 11 heteroatoms. The molecule has 0 radical (unpaired) electrons. The van der Waals surface area contributed by atoms with Crippen LogP contribution in [0.5, 0.6) is 0 Å². The van der Waals surface area contributed by atoms with Gasteiger partial charge in [0.15, 0.2) is 0 Å². The first-order valence-corrected chi connectivity index (χ1v) is 11.2. The Morgan fingerprint density at radius 3 is 2.68 bits per heavy atom. The van der Waals surface area contributed by atoms with Crippen LogP contribution in [0, 0.1) is 11.3 Å². The molecule has 0 amide bonds. The van der Waals surface area contributed by atoms with Crippen LogP contribution in [0.2, 0.25) is 5.02 Å². The first kappa shape index (κ1) is 22.0. The number of hydrogen-bond donors (Lipinski definition) is 2. The van der Waals surface area contributed by atoms with Crippen LogP contribution >= 0.6 is 11.6 Å². The van der Waals surface area contributed by atoms with Crippen molar-refractivity contribution in [1.82, 2.24) is 29.6 Å². The van der Waals surface area contributed by atoms with Gasteiger partial charge in [-0.3, -0.25) is 4.90 Å². The van der Waals surface area contributed by atoms with Gasteiger partial charge in [0.2, 0.25) is 0 Å². The molecule has 0 spiro atoms. The van der Waals surface area contributed by atoms with Crippen molar-refractivity contribution in [2.45, 2.75) is 0 Å². The summed E-state index contributed by atoms with van der Waals surface area (Å²) in [5.41, 5.74) is 1.73. The van der Waals surface area contributed by atoms with Gasteiger partial charge in [0.05, 0.1) is 28.9 Å². The summed E-state index contributed by atoms with van der Waals surface area (Å²) < 4.78 is 1.65. The fourth-order valence-electron chi connectivity index (χ4n) is 4.05. The number of β-amino-alcohol motifs (C(OH)–C–C–N with tert-alkyl or cyclic N) is 1.